The molecule has 0 amide bonds. The molecule has 2 heteroatoms. The smallest absolute Gasteiger partial charge is 0.159 e. The van der Waals surface area contributed by atoms with Crippen molar-refractivity contribution in [2.75, 3.05) is 0 Å². The van der Waals surface area contributed by atoms with Crippen molar-refractivity contribution in [1.82, 2.24) is 4.74 Å². The second-order valence-electron chi connectivity index (χ2n) is 2.54. The Morgan fingerprint density at radius 1 is 1.70 bits per heavy atom. The zero-order valence-electron chi connectivity index (χ0n) is 6.13. The summed E-state index contributed by atoms with van der Waals surface area (Å²) in [6.07, 6.45) is 6.56. The normalized spacial score (nSPS) is 15.7. The fourth-order valence-electron chi connectivity index (χ4n) is 1.32. The van der Waals surface area contributed by atoms with Gasteiger partial charge < -0.3 is 4.52 Å². The minimum Gasteiger partial charge on any atom is -0.382 e. The molecule has 0 bridgehead atoms. The van der Waals surface area contributed by atoms with E-state index >= 15 is 0 Å². The van der Waals surface area contributed by atoms with E-state index in [4.69, 9.17) is 4.52 Å². The van der Waals surface area contributed by atoms with Crippen LogP contribution in [-0.2, 0) is 13.0 Å². The molecule has 10 heavy (non-hydrogen) atoms. The Morgan fingerprint density at radius 3 is 3.30 bits per heavy atom. The van der Waals surface area contributed by atoms with Crippen molar-refractivity contribution < 1.29 is 4.52 Å². The first-order valence-electron chi connectivity index (χ1n) is 3.77. The molecule has 1 aliphatic rings. The quantitative estimate of drug-likeness (QED) is 0.579. The average molecular weight is 137 g/mol. The topological polar surface area (TPSA) is 18.1 Å². The van der Waals surface area contributed by atoms with Gasteiger partial charge in [0.25, 0.3) is 0 Å². The van der Waals surface area contributed by atoms with Crippen LogP contribution in [0.4, 0.5) is 0 Å². The van der Waals surface area contributed by atoms with E-state index < -0.39 is 0 Å². The zero-order chi connectivity index (χ0) is 6.97. The van der Waals surface area contributed by atoms with Gasteiger partial charge in [0.2, 0.25) is 0 Å². The van der Waals surface area contributed by atoms with Gasteiger partial charge in [0, 0.05) is 6.42 Å². The number of aromatic nitrogens is 1. The van der Waals surface area contributed by atoms with Crippen molar-refractivity contribution in [2.24, 2.45) is 0 Å². The number of fused-ring (bicyclic) bond motifs is 1. The first-order valence-corrected chi connectivity index (χ1v) is 3.77. The van der Waals surface area contributed by atoms with Gasteiger partial charge in [0.15, 0.2) is 5.76 Å². The van der Waals surface area contributed by atoms with E-state index in [1.54, 1.807) is 0 Å². The molecule has 0 aromatic carbocycles. The third-order valence-corrected chi connectivity index (χ3v) is 1.88. The van der Waals surface area contributed by atoms with Gasteiger partial charge in [0.1, 0.15) is 5.69 Å². The molecule has 0 radical (unpaired) electrons. The van der Waals surface area contributed by atoms with Crippen LogP contribution < -0.4 is 0 Å². The highest BCUT2D eigenvalue weighted by atomic mass is 16.5. The number of allylic oxidation sites excluding steroid dienone is 1. The van der Waals surface area contributed by atoms with Crippen LogP contribution in [0.25, 0.3) is 6.08 Å². The minimum absolute atomic E-state index is 0.948. The van der Waals surface area contributed by atoms with E-state index in [1.165, 1.54) is 11.5 Å². The summed E-state index contributed by atoms with van der Waals surface area (Å²) in [6, 6.07) is 0. The second kappa shape index (κ2) is 2.04. The molecule has 1 aliphatic carbocycles. The highest BCUT2D eigenvalue weighted by molar-refractivity contribution is 5.49. The first-order chi connectivity index (χ1) is 4.92. The Hall–Kier alpha value is -0.920. The van der Waals surface area contributed by atoms with Crippen LogP contribution in [0.15, 0.2) is 10.6 Å². The fraction of sp³-hybridized carbons (Fsp3) is 0.500. The molecule has 0 unspecified atom stereocenters. The van der Waals surface area contributed by atoms with Gasteiger partial charge in [0.05, 0.1) is 6.54 Å². The summed E-state index contributed by atoms with van der Waals surface area (Å²) < 4.78 is 7.28. The van der Waals surface area contributed by atoms with E-state index in [0.29, 0.717) is 0 Å². The van der Waals surface area contributed by atoms with Gasteiger partial charge in [-0.2, -0.15) is 0 Å². The Balaban J connectivity index is 2.32. The molecular weight excluding hydrogens is 126 g/mol. The van der Waals surface area contributed by atoms with Crippen molar-refractivity contribution in [1.29, 1.82) is 0 Å². The number of aryl methyl sites for hydroxylation is 2. The van der Waals surface area contributed by atoms with Crippen molar-refractivity contribution >= 4 is 6.08 Å². The molecule has 1 heterocycles. The summed E-state index contributed by atoms with van der Waals surface area (Å²) in [6.45, 7) is 3.04. The number of nitrogens with zero attached hydrogens (tertiary/aromatic N) is 1. The van der Waals surface area contributed by atoms with Crippen LogP contribution in [-0.4, -0.2) is 4.74 Å². The number of rotatable bonds is 1. The predicted octanol–water partition coefficient (Wildman–Crippen LogP) is 2.06. The Kier molecular flexibility index (Phi) is 1.19. The van der Waals surface area contributed by atoms with Gasteiger partial charge in [-0.15, -0.1) is 0 Å². The second-order valence-corrected chi connectivity index (χ2v) is 2.54. The van der Waals surface area contributed by atoms with Gasteiger partial charge in [-0.1, -0.05) is 6.08 Å². The molecule has 0 aliphatic heterocycles. The van der Waals surface area contributed by atoms with Crippen molar-refractivity contribution in [3.63, 3.8) is 0 Å². The lowest BCUT2D eigenvalue weighted by molar-refractivity contribution is 0.187. The van der Waals surface area contributed by atoms with Crippen LogP contribution in [0, 0.1) is 0 Å². The molecule has 0 fully saturated rings. The van der Waals surface area contributed by atoms with Gasteiger partial charge in [-0.3, -0.25) is 0 Å². The largest absolute Gasteiger partial charge is 0.382 e. The van der Waals surface area contributed by atoms with E-state index in [1.807, 2.05) is 4.74 Å². The monoisotopic (exact) mass is 137 g/mol. The highest BCUT2D eigenvalue weighted by Crippen LogP contribution is 2.22. The maximum absolute atomic E-state index is 5.35. The van der Waals surface area contributed by atoms with Crippen LogP contribution in [0.1, 0.15) is 24.8 Å². The van der Waals surface area contributed by atoms with Crippen molar-refractivity contribution in [3.8, 4) is 0 Å². The Bertz CT molecular complexity index is 255. The van der Waals surface area contributed by atoms with E-state index in [9.17, 15) is 0 Å². The molecule has 0 N–H and O–H groups in total. The summed E-state index contributed by atoms with van der Waals surface area (Å²) >= 11 is 0. The summed E-state index contributed by atoms with van der Waals surface area (Å²) in [4.78, 5) is 0. The van der Waals surface area contributed by atoms with Gasteiger partial charge >= 0.3 is 0 Å². The van der Waals surface area contributed by atoms with E-state index in [-0.39, 0.29) is 0 Å². The summed E-state index contributed by atoms with van der Waals surface area (Å²) in [5, 5.41) is 0. The summed E-state index contributed by atoms with van der Waals surface area (Å²) in [5.74, 6) is 1.17. The molecule has 1 aromatic rings. The zero-order valence-corrected chi connectivity index (χ0v) is 6.13. The molecule has 2 nitrogen and oxygen atoms in total. The fourth-order valence-corrected chi connectivity index (χ4v) is 1.32. The Morgan fingerprint density at radius 2 is 2.60 bits per heavy atom. The highest BCUT2D eigenvalue weighted by Gasteiger charge is 2.15. The third kappa shape index (κ3) is 0.649. The van der Waals surface area contributed by atoms with Crippen LogP contribution in [0.5, 0.6) is 0 Å². The summed E-state index contributed by atoms with van der Waals surface area (Å²) in [7, 11) is 0. The SMILES string of the molecule is CCn1oc2c1C=CCC2. The van der Waals surface area contributed by atoms with Crippen LogP contribution >= 0.6 is 0 Å². The lowest BCUT2D eigenvalue weighted by Crippen LogP contribution is -2.13. The first kappa shape index (κ1) is 5.83. The molecular formula is C8H11NO. The molecule has 54 valence electrons. The number of hydrogen-bond donors (Lipinski definition) is 0. The maximum Gasteiger partial charge on any atom is 0.159 e. The average Bonchev–Trinajstić information content (AvgIpc) is 1.92. The summed E-state index contributed by atoms with van der Waals surface area (Å²) in [5.41, 5.74) is 1.29. The number of hydrogen-bond acceptors (Lipinski definition) is 1. The lowest BCUT2D eigenvalue weighted by atomic mass is 10.1. The molecule has 2 rings (SSSR count). The van der Waals surface area contributed by atoms with E-state index in [2.05, 4.69) is 19.1 Å². The minimum atomic E-state index is 0.948. The van der Waals surface area contributed by atoms with Crippen molar-refractivity contribution in [2.45, 2.75) is 26.3 Å². The molecule has 1 aromatic heterocycles. The van der Waals surface area contributed by atoms with Crippen LogP contribution in [0.2, 0.25) is 0 Å². The molecule has 0 atom stereocenters. The van der Waals surface area contributed by atoms with Crippen LogP contribution in [0.3, 0.4) is 0 Å². The predicted molar refractivity (Wildman–Crippen MR) is 39.7 cm³/mol. The molecule has 0 saturated carbocycles. The van der Waals surface area contributed by atoms with E-state index in [0.717, 1.165) is 19.4 Å². The standard InChI is InChI=1S/C8H11NO/c1-2-9-7-5-3-4-6-8(7)10-9/h3,5H,2,4,6H2,1H3. The van der Waals surface area contributed by atoms with Gasteiger partial charge in [-0.25, -0.2) is 4.74 Å². The maximum atomic E-state index is 5.35. The Labute approximate surface area is 60.1 Å². The molecule has 0 saturated heterocycles. The molecule has 0 spiro atoms. The third-order valence-electron chi connectivity index (χ3n) is 1.88. The van der Waals surface area contributed by atoms with Crippen molar-refractivity contribution in [3.05, 3.63) is 17.5 Å². The van der Waals surface area contributed by atoms with Gasteiger partial charge in [-0.05, 0) is 19.4 Å². The lowest BCUT2D eigenvalue weighted by Gasteiger charge is -2.19.